The van der Waals surface area contributed by atoms with E-state index in [0.29, 0.717) is 11.6 Å². The smallest absolute Gasteiger partial charge is 0.335 e. The van der Waals surface area contributed by atoms with Crippen LogP contribution in [0, 0.1) is 11.8 Å². The molecule has 0 aromatic heterocycles. The first kappa shape index (κ1) is 23.6. The summed E-state index contributed by atoms with van der Waals surface area (Å²) in [5.41, 5.74) is 1.34. The second kappa shape index (κ2) is 9.17. The van der Waals surface area contributed by atoms with Gasteiger partial charge in [0, 0.05) is 36.3 Å². The van der Waals surface area contributed by atoms with Crippen LogP contribution in [0.1, 0.15) is 48.7 Å². The summed E-state index contributed by atoms with van der Waals surface area (Å²) in [4.78, 5) is 26.0. The molecule has 35 heavy (non-hydrogen) atoms. The van der Waals surface area contributed by atoms with Gasteiger partial charge in [-0.05, 0) is 62.9 Å². The lowest BCUT2D eigenvalue weighted by molar-refractivity contribution is -0.187. The minimum Gasteiger partial charge on any atom is -0.497 e. The minimum atomic E-state index is -1.02. The normalized spacial score (nSPS) is 26.9. The third kappa shape index (κ3) is 4.73. The van der Waals surface area contributed by atoms with Crippen LogP contribution in [0.15, 0.2) is 42.5 Å². The Kier molecular flexibility index (Phi) is 6.19. The highest BCUT2D eigenvalue weighted by molar-refractivity contribution is 5.94. The summed E-state index contributed by atoms with van der Waals surface area (Å²) < 4.78 is 18.5. The number of hydrogen-bond donors (Lipinski definition) is 2. The van der Waals surface area contributed by atoms with E-state index in [4.69, 9.17) is 19.3 Å². The number of rotatable bonds is 5. The van der Waals surface area contributed by atoms with Crippen molar-refractivity contribution >= 4 is 17.6 Å². The standard InChI is InChI=1S/C27H32N2O6/c1-27(2)21-12-17-14-29(15-24(30)28-18-6-4-5-16(11-18)26(31)32)10-9-22(17)34-25(21)20-8-7-19(33-3)13-23(20)35-27/h4-8,11,13,17,21-22,25H,9-10,12,14-15H2,1-3H3,(H,28,30)(H,31,32)/t17-,21+,22+,25-/m1/s1. The summed E-state index contributed by atoms with van der Waals surface area (Å²) in [7, 11) is 1.65. The molecule has 3 heterocycles. The van der Waals surface area contributed by atoms with Crippen LogP contribution < -0.4 is 14.8 Å². The number of piperidine rings is 1. The molecular formula is C27H32N2O6. The molecule has 3 aliphatic rings. The number of ether oxygens (including phenoxy) is 3. The average molecular weight is 481 g/mol. The number of likely N-dealkylation sites (tertiary alicyclic amines) is 1. The number of carbonyl (C=O) groups is 2. The predicted octanol–water partition coefficient (Wildman–Crippen LogP) is 3.97. The second-order valence-electron chi connectivity index (χ2n) is 10.3. The fraction of sp³-hybridized carbons (Fsp3) is 0.481. The molecule has 0 bridgehead atoms. The highest BCUT2D eigenvalue weighted by atomic mass is 16.5. The maximum atomic E-state index is 12.7. The van der Waals surface area contributed by atoms with Crippen molar-refractivity contribution in [3.63, 3.8) is 0 Å². The summed E-state index contributed by atoms with van der Waals surface area (Å²) in [6.45, 7) is 6.06. The molecule has 8 nitrogen and oxygen atoms in total. The van der Waals surface area contributed by atoms with E-state index in [9.17, 15) is 9.59 Å². The molecule has 0 saturated carbocycles. The van der Waals surface area contributed by atoms with Crippen molar-refractivity contribution in [1.29, 1.82) is 0 Å². The van der Waals surface area contributed by atoms with Gasteiger partial charge in [-0.15, -0.1) is 0 Å². The van der Waals surface area contributed by atoms with E-state index in [1.54, 1.807) is 19.2 Å². The summed E-state index contributed by atoms with van der Waals surface area (Å²) in [6, 6.07) is 12.3. The molecule has 1 amide bonds. The van der Waals surface area contributed by atoms with Gasteiger partial charge in [-0.3, -0.25) is 9.69 Å². The number of amides is 1. The number of nitrogens with one attached hydrogen (secondary N) is 1. The van der Waals surface area contributed by atoms with Gasteiger partial charge in [-0.1, -0.05) is 6.07 Å². The Morgan fingerprint density at radius 3 is 2.83 bits per heavy atom. The Hall–Kier alpha value is -3.10. The molecule has 0 aliphatic carbocycles. The Labute approximate surface area is 205 Å². The van der Waals surface area contributed by atoms with Gasteiger partial charge in [0.25, 0.3) is 0 Å². The number of carbonyl (C=O) groups excluding carboxylic acids is 1. The van der Waals surface area contributed by atoms with E-state index in [0.717, 1.165) is 43.0 Å². The SMILES string of the molecule is COc1ccc2c(c1)OC(C)(C)[C@H]1C[C@@H]3CN(CC(=O)Nc4cccc(C(=O)O)c4)CC[C@@H]3O[C@H]21. The number of hydrogen-bond acceptors (Lipinski definition) is 6. The number of nitrogens with zero attached hydrogens (tertiary/aromatic N) is 1. The van der Waals surface area contributed by atoms with Crippen LogP contribution in [-0.4, -0.2) is 60.3 Å². The lowest BCUT2D eigenvalue weighted by atomic mass is 9.70. The van der Waals surface area contributed by atoms with Crippen LogP contribution in [-0.2, 0) is 9.53 Å². The van der Waals surface area contributed by atoms with Crippen molar-refractivity contribution in [2.75, 3.05) is 32.1 Å². The molecule has 0 unspecified atom stereocenters. The molecule has 5 rings (SSSR count). The second-order valence-corrected chi connectivity index (χ2v) is 10.3. The van der Waals surface area contributed by atoms with E-state index in [2.05, 4.69) is 30.1 Å². The van der Waals surface area contributed by atoms with Crippen LogP contribution in [0.4, 0.5) is 5.69 Å². The Balaban J connectivity index is 1.24. The summed E-state index contributed by atoms with van der Waals surface area (Å²) >= 11 is 0. The average Bonchev–Trinajstić information content (AvgIpc) is 2.82. The van der Waals surface area contributed by atoms with E-state index in [1.807, 2.05) is 12.1 Å². The third-order valence-corrected chi connectivity index (χ3v) is 7.55. The van der Waals surface area contributed by atoms with Gasteiger partial charge in [0.2, 0.25) is 5.91 Å². The van der Waals surface area contributed by atoms with Crippen molar-refractivity contribution in [3.05, 3.63) is 53.6 Å². The molecule has 186 valence electrons. The van der Waals surface area contributed by atoms with Gasteiger partial charge in [0.1, 0.15) is 17.1 Å². The maximum absolute atomic E-state index is 12.7. The van der Waals surface area contributed by atoms with Gasteiger partial charge >= 0.3 is 5.97 Å². The van der Waals surface area contributed by atoms with Crippen LogP contribution in [0.3, 0.4) is 0 Å². The minimum absolute atomic E-state index is 0.0164. The summed E-state index contributed by atoms with van der Waals surface area (Å²) in [5, 5.41) is 12.0. The summed E-state index contributed by atoms with van der Waals surface area (Å²) in [5.74, 6) is 0.955. The quantitative estimate of drug-likeness (QED) is 0.668. The molecule has 2 fully saturated rings. The molecule has 2 N–H and O–H groups in total. The number of carboxylic acids is 1. The van der Waals surface area contributed by atoms with Gasteiger partial charge in [0.15, 0.2) is 0 Å². The Morgan fingerprint density at radius 1 is 1.23 bits per heavy atom. The number of benzene rings is 2. The first-order chi connectivity index (χ1) is 16.7. The topological polar surface area (TPSA) is 97.3 Å². The number of aromatic carboxylic acids is 1. The molecule has 2 aromatic rings. The van der Waals surface area contributed by atoms with E-state index in [-0.39, 0.29) is 41.7 Å². The highest BCUT2D eigenvalue weighted by Crippen LogP contribution is 2.53. The number of carboxylic acid groups (broad SMARTS) is 1. The van der Waals surface area contributed by atoms with Crippen LogP contribution in [0.25, 0.3) is 0 Å². The molecular weight excluding hydrogens is 448 g/mol. The molecule has 0 radical (unpaired) electrons. The highest BCUT2D eigenvalue weighted by Gasteiger charge is 2.51. The fourth-order valence-electron chi connectivity index (χ4n) is 5.76. The van der Waals surface area contributed by atoms with Crippen molar-refractivity contribution in [1.82, 2.24) is 4.90 Å². The van der Waals surface area contributed by atoms with Gasteiger partial charge < -0.3 is 24.6 Å². The van der Waals surface area contributed by atoms with E-state index in [1.165, 1.54) is 12.1 Å². The van der Waals surface area contributed by atoms with Crippen LogP contribution >= 0.6 is 0 Å². The zero-order chi connectivity index (χ0) is 24.7. The molecule has 4 atom stereocenters. The van der Waals surface area contributed by atoms with Crippen molar-refractivity contribution < 1.29 is 28.9 Å². The molecule has 2 saturated heterocycles. The maximum Gasteiger partial charge on any atom is 0.335 e. The zero-order valence-electron chi connectivity index (χ0n) is 20.3. The number of fused-ring (bicyclic) bond motifs is 4. The molecule has 2 aromatic carbocycles. The van der Waals surface area contributed by atoms with Gasteiger partial charge in [-0.2, -0.15) is 0 Å². The largest absolute Gasteiger partial charge is 0.497 e. The van der Waals surface area contributed by atoms with Crippen LogP contribution in [0.2, 0.25) is 0 Å². The van der Waals surface area contributed by atoms with Crippen LogP contribution in [0.5, 0.6) is 11.5 Å². The van der Waals surface area contributed by atoms with E-state index >= 15 is 0 Å². The Morgan fingerprint density at radius 2 is 2.06 bits per heavy atom. The first-order valence-electron chi connectivity index (χ1n) is 12.1. The van der Waals surface area contributed by atoms with Crippen molar-refractivity contribution in [2.45, 2.75) is 44.5 Å². The lowest BCUT2D eigenvalue weighted by Gasteiger charge is -2.53. The number of anilines is 1. The molecule has 8 heteroatoms. The molecule has 3 aliphatic heterocycles. The third-order valence-electron chi connectivity index (χ3n) is 7.55. The first-order valence-corrected chi connectivity index (χ1v) is 12.1. The van der Waals surface area contributed by atoms with Gasteiger partial charge in [-0.25, -0.2) is 4.79 Å². The monoisotopic (exact) mass is 480 g/mol. The predicted molar refractivity (Wildman–Crippen MR) is 130 cm³/mol. The van der Waals surface area contributed by atoms with E-state index < -0.39 is 5.97 Å². The van der Waals surface area contributed by atoms with Crippen molar-refractivity contribution in [2.24, 2.45) is 11.8 Å². The molecule has 0 spiro atoms. The van der Waals surface area contributed by atoms with Gasteiger partial charge in [0.05, 0.1) is 31.4 Å². The fourth-order valence-corrected chi connectivity index (χ4v) is 5.76. The Bertz CT molecular complexity index is 1130. The summed E-state index contributed by atoms with van der Waals surface area (Å²) in [6.07, 6.45) is 1.96. The zero-order valence-corrected chi connectivity index (χ0v) is 20.3. The van der Waals surface area contributed by atoms with Crippen molar-refractivity contribution in [3.8, 4) is 11.5 Å². The lowest BCUT2D eigenvalue weighted by Crippen LogP contribution is -2.55. The number of methoxy groups -OCH3 is 1.